The van der Waals surface area contributed by atoms with E-state index in [0.717, 1.165) is 5.57 Å². The molecule has 0 aromatic rings. The Bertz CT molecular complexity index is 1200. The van der Waals surface area contributed by atoms with Crippen molar-refractivity contribution in [3.8, 4) is 0 Å². The number of hydrogen-bond acceptors (Lipinski definition) is 6. The van der Waals surface area contributed by atoms with E-state index in [4.69, 9.17) is 22.8 Å². The zero-order valence-electron chi connectivity index (χ0n) is 37.7. The minimum atomic E-state index is -3.59. The van der Waals surface area contributed by atoms with Crippen LogP contribution < -0.4 is 0 Å². The van der Waals surface area contributed by atoms with E-state index >= 15 is 0 Å². The molecule has 312 valence electrons. The van der Waals surface area contributed by atoms with Crippen LogP contribution in [0.15, 0.2) is 29.6 Å². The van der Waals surface area contributed by atoms with Gasteiger partial charge in [0, 0.05) is 12.1 Å². The van der Waals surface area contributed by atoms with E-state index in [9.17, 15) is 5.11 Å². The monoisotopic (exact) mass is 840 g/mol. The third kappa shape index (κ3) is 10.6. The molecule has 0 fully saturated rings. The van der Waals surface area contributed by atoms with Gasteiger partial charge in [0.2, 0.25) is 30.0 Å². The molecular weight excluding hydrogens is 759 g/mol. The smallest absolute Gasteiger partial charge is 0.481 e. The van der Waals surface area contributed by atoms with Crippen LogP contribution in [0.1, 0.15) is 13.3 Å². The zero-order valence-corrected chi connectivity index (χ0v) is 42.1. The quantitative estimate of drug-likeness (QED) is 0.108. The molecule has 0 aromatic carbocycles. The molecule has 18 nitrogen and oxygen atoms in total. The van der Waals surface area contributed by atoms with Crippen molar-refractivity contribution in [2.45, 2.75) is 13.3 Å². The third-order valence-electron chi connectivity index (χ3n) is 8.69. The molecule has 0 amide bonds. The van der Waals surface area contributed by atoms with E-state index in [0.29, 0.717) is 13.0 Å². The molecule has 23 heteroatoms. The van der Waals surface area contributed by atoms with Crippen molar-refractivity contribution in [2.75, 3.05) is 176 Å². The molecule has 0 aliphatic carbocycles. The molecule has 52 heavy (non-hydrogen) atoms. The average Bonchev–Trinajstić information content (AvgIpc) is 3.00. The maximum Gasteiger partial charge on any atom is 0.502 e. The molecule has 0 saturated heterocycles. The van der Waals surface area contributed by atoms with Crippen LogP contribution in [0.25, 0.3) is 0 Å². The Morgan fingerprint density at radius 2 is 0.654 bits per heavy atom. The summed E-state index contributed by atoms with van der Waals surface area (Å²) in [5.74, 6) is -0.0570. The van der Waals surface area contributed by atoms with E-state index in [2.05, 4.69) is 218 Å². The Balaban J connectivity index is 10.2. The van der Waals surface area contributed by atoms with Gasteiger partial charge in [-0.2, -0.15) is 0 Å². The minimum Gasteiger partial charge on any atom is -0.481 e. The molecule has 0 spiro atoms. The first-order valence-corrected chi connectivity index (χ1v) is 25.0. The summed E-state index contributed by atoms with van der Waals surface area (Å²) in [6.45, 7) is 2.48. The molecule has 0 rings (SSSR count). The lowest BCUT2D eigenvalue weighted by Crippen LogP contribution is -2.34. The van der Waals surface area contributed by atoms with Crippen LogP contribution in [0.2, 0.25) is 0 Å². The molecule has 0 heterocycles. The normalized spacial score (nSPS) is 14.9. The summed E-state index contributed by atoms with van der Waals surface area (Å²) in [5.41, 5.74) is 0.762. The van der Waals surface area contributed by atoms with Crippen LogP contribution in [0.3, 0.4) is 0 Å². The second kappa shape index (κ2) is 20.6. The average molecular weight is 840 g/mol. The Labute approximate surface area is 321 Å². The largest absolute Gasteiger partial charge is 0.502 e. The van der Waals surface area contributed by atoms with E-state index in [-0.39, 0.29) is 5.95 Å². The fraction of sp³-hybridized carbons (Fsp3) is 0.931. The molecule has 1 N–H and O–H groups in total. The van der Waals surface area contributed by atoms with Crippen molar-refractivity contribution in [3.63, 3.8) is 0 Å². The first-order valence-electron chi connectivity index (χ1n) is 17.0. The maximum atomic E-state index is 10.4. The van der Waals surface area contributed by atoms with Gasteiger partial charge >= 0.3 is 7.87 Å². The van der Waals surface area contributed by atoms with Crippen LogP contribution in [0.4, 0.5) is 0 Å². The molecule has 0 bridgehead atoms. The first kappa shape index (κ1) is 52.2. The topological polar surface area (TPSA) is 118 Å². The summed E-state index contributed by atoms with van der Waals surface area (Å²) in [5, 5.41) is 10.4. The SMILES string of the molecule is CO/C(O)=C(\C)CCN(C)P(=N[P+](N=P(N(C)C)(N(C)C)N(C)C)(N=P(N(C)C)(N(C)C)N(C)C)N=P(N(C)C)(N(C)C)N(C)C)(N(C)C)N(C)C. The molecule has 0 unspecified atom stereocenters. The first-order chi connectivity index (χ1) is 23.5. The van der Waals surface area contributed by atoms with Gasteiger partial charge in [0.05, 0.1) is 7.11 Å². The van der Waals surface area contributed by atoms with E-state index in [1.165, 1.54) is 7.11 Å². The van der Waals surface area contributed by atoms with Crippen molar-refractivity contribution in [1.29, 1.82) is 0 Å². The van der Waals surface area contributed by atoms with Gasteiger partial charge in [-0.1, -0.05) is 0 Å². The van der Waals surface area contributed by atoms with Crippen molar-refractivity contribution < 1.29 is 9.84 Å². The van der Waals surface area contributed by atoms with E-state index < -0.39 is 37.9 Å². The number of aliphatic hydroxyl groups is 1. The van der Waals surface area contributed by atoms with Crippen LogP contribution in [-0.2, 0) is 4.74 Å². The summed E-state index contributed by atoms with van der Waals surface area (Å²) < 4.78 is 56.6. The highest BCUT2D eigenvalue weighted by Gasteiger charge is 2.57. The van der Waals surface area contributed by atoms with Gasteiger partial charge in [-0.3, -0.25) is 0 Å². The minimum absolute atomic E-state index is 0.0570. The Kier molecular flexibility index (Phi) is 20.7. The third-order valence-corrected chi connectivity index (χ3v) is 29.3. The van der Waals surface area contributed by atoms with Gasteiger partial charge in [0.25, 0.3) is 5.95 Å². The lowest BCUT2D eigenvalue weighted by molar-refractivity contribution is 0.129. The summed E-state index contributed by atoms with van der Waals surface area (Å²) in [7, 11) is 35.1. The molecular formula is C29H80N16O2P5+. The van der Waals surface area contributed by atoms with Crippen LogP contribution in [0.5, 0.6) is 0 Å². The zero-order chi connectivity index (χ0) is 41.5. The highest BCUT2D eigenvalue weighted by molar-refractivity contribution is 7.88. The molecule has 0 atom stereocenters. The van der Waals surface area contributed by atoms with Gasteiger partial charge in [-0.25, -0.2) is 56.0 Å². The summed E-state index contributed by atoms with van der Waals surface area (Å²) in [4.78, 5) is 0. The van der Waals surface area contributed by atoms with Crippen LogP contribution >= 0.6 is 37.9 Å². The molecule has 0 aliphatic heterocycles. The second-order valence-corrected chi connectivity index (χ2v) is 32.5. The number of nitrogens with zero attached hydrogens (tertiary/aromatic N) is 16. The number of aliphatic hydroxyl groups excluding tert-OH is 1. The highest BCUT2D eigenvalue weighted by atomic mass is 31.3. The standard InChI is InChI=1S/C29H79N16O2P5/c1-28(29(46)47-25)26-27-45(24)52(43(20)21,44(22)23)33-48(30-49(34(2)3,35(4)5)36(6)7,31-50(37(8)9,38(10)11)39(12)13)32-51(40(14)15,41(16)17)42(18)19/h26-27H2,1-25H3/p+1/b29-28+. The Hall–Kier alpha value is 0.210. The summed E-state index contributed by atoms with van der Waals surface area (Å²) >= 11 is 0. The molecule has 0 aliphatic rings. The van der Waals surface area contributed by atoms with Gasteiger partial charge < -0.3 is 9.84 Å². The highest BCUT2D eigenvalue weighted by Crippen LogP contribution is 2.86. The number of rotatable bonds is 20. The van der Waals surface area contributed by atoms with Gasteiger partial charge in [0.15, 0.2) is 0 Å². The lowest BCUT2D eigenvalue weighted by atomic mass is 10.2. The maximum absolute atomic E-state index is 10.4. The van der Waals surface area contributed by atoms with E-state index in [1.807, 2.05) is 6.92 Å². The van der Waals surface area contributed by atoms with Crippen molar-refractivity contribution in [1.82, 2.24) is 56.0 Å². The van der Waals surface area contributed by atoms with E-state index in [1.54, 1.807) is 0 Å². The van der Waals surface area contributed by atoms with Crippen LogP contribution in [-0.4, -0.2) is 237 Å². The number of ether oxygens (including phenoxy) is 1. The number of hydrogen-bond donors (Lipinski definition) is 1. The predicted octanol–water partition coefficient (Wildman–Crippen LogP) is 6.38. The van der Waals surface area contributed by atoms with Crippen molar-refractivity contribution in [3.05, 3.63) is 11.5 Å². The Morgan fingerprint density at radius 3 is 0.846 bits per heavy atom. The number of methoxy groups -OCH3 is 1. The molecule has 0 saturated carbocycles. The fourth-order valence-electron chi connectivity index (χ4n) is 6.63. The second-order valence-electron chi connectivity index (χ2n) is 14.8. The fourth-order valence-corrected chi connectivity index (χ4v) is 30.9. The molecule has 0 radical (unpaired) electrons. The summed E-state index contributed by atoms with van der Waals surface area (Å²) in [6, 6.07) is 0. The van der Waals surface area contributed by atoms with Gasteiger partial charge in [-0.05, 0) is 194 Å². The van der Waals surface area contributed by atoms with Crippen molar-refractivity contribution in [2.24, 2.45) is 18.1 Å². The predicted molar refractivity (Wildman–Crippen MR) is 234 cm³/mol. The Morgan fingerprint density at radius 1 is 0.442 bits per heavy atom. The summed E-state index contributed by atoms with van der Waals surface area (Å²) in [6.07, 6.45) is 0.574. The van der Waals surface area contributed by atoms with Gasteiger partial charge in [-0.15, -0.1) is 0 Å². The van der Waals surface area contributed by atoms with Crippen LogP contribution in [0, 0.1) is 0 Å². The lowest BCUT2D eigenvalue weighted by Gasteiger charge is -2.45. The van der Waals surface area contributed by atoms with Crippen molar-refractivity contribution >= 4 is 37.9 Å². The van der Waals surface area contributed by atoms with Gasteiger partial charge in [0.1, 0.15) is 0 Å². The molecule has 0 aromatic heterocycles.